The van der Waals surface area contributed by atoms with Gasteiger partial charge in [-0.25, -0.2) is 4.79 Å². The van der Waals surface area contributed by atoms with E-state index in [9.17, 15) is 4.79 Å². The van der Waals surface area contributed by atoms with Crippen molar-refractivity contribution in [3.63, 3.8) is 0 Å². The maximum atomic E-state index is 13.1. The van der Waals surface area contributed by atoms with Gasteiger partial charge in [0.1, 0.15) is 6.61 Å². The van der Waals surface area contributed by atoms with Crippen LogP contribution in [0.15, 0.2) is 53.6 Å². The van der Waals surface area contributed by atoms with Gasteiger partial charge >= 0.3 is 6.09 Å². The summed E-state index contributed by atoms with van der Waals surface area (Å²) in [7, 11) is 0. The highest BCUT2D eigenvalue weighted by Gasteiger charge is 2.31. The minimum absolute atomic E-state index is 0.0456. The van der Waals surface area contributed by atoms with E-state index < -0.39 is 0 Å². The van der Waals surface area contributed by atoms with Crippen LogP contribution >= 0.6 is 0 Å². The molecule has 37 heavy (non-hydrogen) atoms. The third-order valence-corrected chi connectivity index (χ3v) is 7.87. The number of nitrogens with two attached hydrogens (primary N) is 1. The third-order valence-electron chi connectivity index (χ3n) is 7.87. The van der Waals surface area contributed by atoms with Crippen LogP contribution in [-0.2, 0) is 11.3 Å². The lowest BCUT2D eigenvalue weighted by atomic mass is 9.94. The lowest BCUT2D eigenvalue weighted by Crippen LogP contribution is -2.49. The van der Waals surface area contributed by atoms with Crippen LogP contribution in [0.4, 0.5) is 16.2 Å². The second kappa shape index (κ2) is 10.2. The van der Waals surface area contributed by atoms with Crippen molar-refractivity contribution in [3.8, 4) is 11.1 Å². The van der Waals surface area contributed by atoms with E-state index in [-0.39, 0.29) is 12.0 Å². The minimum Gasteiger partial charge on any atom is -0.448 e. The fourth-order valence-electron chi connectivity index (χ4n) is 6.01. The van der Waals surface area contributed by atoms with Crippen molar-refractivity contribution in [1.29, 1.82) is 0 Å². The lowest BCUT2D eigenvalue weighted by Gasteiger charge is -2.38. The van der Waals surface area contributed by atoms with E-state index in [0.717, 1.165) is 27.9 Å². The zero-order valence-corrected chi connectivity index (χ0v) is 21.6. The molecule has 2 aliphatic rings. The largest absolute Gasteiger partial charge is 0.448 e. The van der Waals surface area contributed by atoms with Gasteiger partial charge in [-0.3, -0.25) is 0 Å². The number of fused-ring (bicyclic) bond motifs is 3. The number of benzene rings is 3. The summed E-state index contributed by atoms with van der Waals surface area (Å²) in [5.41, 5.74) is 25.6. The number of azide groups is 1. The molecular formula is C29H32N6O2. The smallest absolute Gasteiger partial charge is 0.409 e. The molecule has 0 radical (unpaired) electrons. The average molecular weight is 497 g/mol. The Morgan fingerprint density at radius 3 is 2.14 bits per heavy atom. The van der Waals surface area contributed by atoms with Crippen molar-refractivity contribution in [3.05, 3.63) is 92.4 Å². The van der Waals surface area contributed by atoms with E-state index >= 15 is 0 Å². The van der Waals surface area contributed by atoms with Crippen molar-refractivity contribution >= 4 is 17.5 Å². The molecule has 0 bridgehead atoms. The van der Waals surface area contributed by atoms with E-state index in [1.54, 1.807) is 4.90 Å². The first-order valence-electron chi connectivity index (χ1n) is 12.7. The van der Waals surface area contributed by atoms with Crippen LogP contribution < -0.4 is 10.6 Å². The Hall–Kier alpha value is -4.00. The summed E-state index contributed by atoms with van der Waals surface area (Å²) in [4.78, 5) is 20.1. The Labute approximate surface area is 217 Å². The molecule has 2 N–H and O–H groups in total. The number of ether oxygens (including phenoxy) is 1. The second-order valence-electron chi connectivity index (χ2n) is 9.72. The topological polar surface area (TPSA) is 108 Å². The molecule has 0 aromatic heterocycles. The highest BCUT2D eigenvalue weighted by molar-refractivity contribution is 5.79. The van der Waals surface area contributed by atoms with Crippen molar-refractivity contribution in [2.45, 2.75) is 33.2 Å². The van der Waals surface area contributed by atoms with Crippen molar-refractivity contribution in [2.75, 3.05) is 37.7 Å². The first-order chi connectivity index (χ1) is 18.0. The van der Waals surface area contributed by atoms with Crippen LogP contribution in [-0.4, -0.2) is 43.8 Å². The molecule has 8 heteroatoms. The fraction of sp³-hybridized carbons (Fsp3) is 0.345. The van der Waals surface area contributed by atoms with Crippen LogP contribution in [0.1, 0.15) is 39.3 Å². The zero-order chi connectivity index (χ0) is 26.1. The van der Waals surface area contributed by atoms with Gasteiger partial charge in [0.05, 0.1) is 0 Å². The zero-order valence-electron chi connectivity index (χ0n) is 21.6. The number of rotatable bonds is 5. The molecule has 0 saturated carbocycles. The Morgan fingerprint density at radius 2 is 1.57 bits per heavy atom. The van der Waals surface area contributed by atoms with Crippen LogP contribution in [0.25, 0.3) is 21.6 Å². The van der Waals surface area contributed by atoms with E-state index in [2.05, 4.69) is 46.1 Å². The van der Waals surface area contributed by atoms with E-state index in [4.69, 9.17) is 16.0 Å². The predicted octanol–water partition coefficient (Wildman–Crippen LogP) is 6.08. The molecule has 0 spiro atoms. The third kappa shape index (κ3) is 4.28. The monoisotopic (exact) mass is 496 g/mol. The molecule has 3 aromatic carbocycles. The fourth-order valence-corrected chi connectivity index (χ4v) is 6.01. The summed E-state index contributed by atoms with van der Waals surface area (Å²) < 4.78 is 5.87. The first kappa shape index (κ1) is 24.7. The molecule has 1 fully saturated rings. The van der Waals surface area contributed by atoms with Gasteiger partial charge in [-0.1, -0.05) is 53.6 Å². The van der Waals surface area contributed by atoms with Crippen LogP contribution in [0.5, 0.6) is 0 Å². The van der Waals surface area contributed by atoms with E-state index in [1.165, 1.54) is 22.3 Å². The number of carbonyl (C=O) groups excluding carboxylic acids is 1. The highest BCUT2D eigenvalue weighted by Crippen LogP contribution is 2.44. The van der Waals surface area contributed by atoms with E-state index in [1.807, 2.05) is 38.1 Å². The predicted molar refractivity (Wildman–Crippen MR) is 146 cm³/mol. The SMILES string of the molecule is Cc1c(CN)c(C)c(N2CCN(C(=O)OCC3c4ccccc4-c4ccccc43)CC2)c(C)c1N=[N+]=[N-]. The summed E-state index contributed by atoms with van der Waals surface area (Å²) in [5.74, 6) is 0.0456. The van der Waals surface area contributed by atoms with Crippen LogP contribution in [0, 0.1) is 20.8 Å². The molecule has 0 unspecified atom stereocenters. The van der Waals surface area contributed by atoms with Crippen LogP contribution in [0.2, 0.25) is 0 Å². The summed E-state index contributed by atoms with van der Waals surface area (Å²) in [5, 5.41) is 3.96. The summed E-state index contributed by atoms with van der Waals surface area (Å²) in [6.45, 7) is 9.12. The van der Waals surface area contributed by atoms with Gasteiger partial charge in [0.2, 0.25) is 0 Å². The number of hydrogen-bond donors (Lipinski definition) is 1. The molecule has 8 nitrogen and oxygen atoms in total. The molecule has 3 aromatic rings. The number of piperazine rings is 1. The normalized spacial score (nSPS) is 14.7. The number of carbonyl (C=O) groups is 1. The van der Waals surface area contributed by atoms with Crippen molar-refractivity contribution < 1.29 is 9.53 Å². The molecule has 5 rings (SSSR count). The highest BCUT2D eigenvalue weighted by atomic mass is 16.6. The molecule has 1 aliphatic heterocycles. The molecule has 1 heterocycles. The van der Waals surface area contributed by atoms with Gasteiger partial charge in [-0.2, -0.15) is 0 Å². The van der Waals surface area contributed by atoms with Crippen molar-refractivity contribution in [1.82, 2.24) is 4.90 Å². The molecular weight excluding hydrogens is 464 g/mol. The lowest BCUT2D eigenvalue weighted by molar-refractivity contribution is 0.0977. The quantitative estimate of drug-likeness (QED) is 0.262. The standard InChI is InChI=1S/C29H32N6O2/c1-18-25(16-30)19(2)28(20(3)27(18)32-33-31)34-12-14-35(15-13-34)29(36)37-17-26-23-10-6-4-8-21(23)22-9-5-7-11-24(22)26/h4-11,26H,12-17,30H2,1-3H3. The summed E-state index contributed by atoms with van der Waals surface area (Å²) >= 11 is 0. The molecule has 190 valence electrons. The average Bonchev–Trinajstić information content (AvgIpc) is 3.24. The number of nitrogens with zero attached hydrogens (tertiary/aromatic N) is 5. The summed E-state index contributed by atoms with van der Waals surface area (Å²) in [6, 6.07) is 16.7. The van der Waals surface area contributed by atoms with Gasteiger partial charge in [0, 0.05) is 54.9 Å². The molecule has 1 aliphatic carbocycles. The Morgan fingerprint density at radius 1 is 0.973 bits per heavy atom. The van der Waals surface area contributed by atoms with Gasteiger partial charge in [0.15, 0.2) is 0 Å². The Kier molecular flexibility index (Phi) is 6.78. The Bertz CT molecular complexity index is 1360. The Balaban J connectivity index is 1.28. The van der Waals surface area contributed by atoms with Gasteiger partial charge in [0.25, 0.3) is 0 Å². The number of amides is 1. The molecule has 1 saturated heterocycles. The summed E-state index contributed by atoms with van der Waals surface area (Å²) in [6.07, 6.45) is -0.281. The maximum absolute atomic E-state index is 13.1. The number of anilines is 1. The van der Waals surface area contributed by atoms with Crippen molar-refractivity contribution in [2.24, 2.45) is 10.8 Å². The van der Waals surface area contributed by atoms with Gasteiger partial charge < -0.3 is 20.3 Å². The second-order valence-corrected chi connectivity index (χ2v) is 9.72. The van der Waals surface area contributed by atoms with Gasteiger partial charge in [-0.15, -0.1) is 0 Å². The van der Waals surface area contributed by atoms with E-state index in [0.29, 0.717) is 45.0 Å². The minimum atomic E-state index is -0.281. The molecule has 0 atom stereocenters. The number of hydrogen-bond acceptors (Lipinski definition) is 5. The maximum Gasteiger partial charge on any atom is 0.409 e. The first-order valence-corrected chi connectivity index (χ1v) is 12.7. The van der Waals surface area contributed by atoms with Crippen LogP contribution in [0.3, 0.4) is 0 Å². The molecule has 1 amide bonds. The van der Waals surface area contributed by atoms with Gasteiger partial charge in [-0.05, 0) is 70.8 Å².